The Labute approximate surface area is 119 Å². The van der Waals surface area contributed by atoms with Crippen molar-refractivity contribution in [2.75, 3.05) is 14.2 Å². The van der Waals surface area contributed by atoms with Crippen molar-refractivity contribution < 1.29 is 19.4 Å². The first-order valence-electron chi connectivity index (χ1n) is 6.64. The molecule has 3 N–H and O–H groups in total. The van der Waals surface area contributed by atoms with Crippen molar-refractivity contribution in [3.8, 4) is 11.5 Å². The van der Waals surface area contributed by atoms with Crippen LogP contribution in [0.5, 0.6) is 11.5 Å². The summed E-state index contributed by atoms with van der Waals surface area (Å²) in [5.41, 5.74) is 8.08. The largest absolute Gasteiger partial charge is 0.493 e. The zero-order valence-electron chi connectivity index (χ0n) is 12.5. The minimum Gasteiger partial charge on any atom is -0.493 e. The van der Waals surface area contributed by atoms with Gasteiger partial charge in [0.25, 0.3) is 0 Å². The van der Waals surface area contributed by atoms with Gasteiger partial charge in [-0.05, 0) is 24.0 Å². The number of rotatable bonds is 7. The number of hydrogen-bond acceptors (Lipinski definition) is 4. The lowest BCUT2D eigenvalue weighted by Gasteiger charge is -2.23. The van der Waals surface area contributed by atoms with Crippen LogP contribution in [0.15, 0.2) is 12.1 Å². The van der Waals surface area contributed by atoms with Gasteiger partial charge in [0, 0.05) is 18.0 Å². The summed E-state index contributed by atoms with van der Waals surface area (Å²) in [6.45, 7) is 4.13. The van der Waals surface area contributed by atoms with Crippen molar-refractivity contribution in [3.63, 3.8) is 0 Å². The summed E-state index contributed by atoms with van der Waals surface area (Å²) in [5, 5.41) is 8.80. The van der Waals surface area contributed by atoms with E-state index >= 15 is 0 Å². The first-order chi connectivity index (χ1) is 9.42. The van der Waals surface area contributed by atoms with Gasteiger partial charge in [0.1, 0.15) is 0 Å². The normalized spacial score (nSPS) is 12.3. The first kappa shape index (κ1) is 16.3. The van der Waals surface area contributed by atoms with E-state index in [2.05, 4.69) is 13.8 Å². The molecule has 112 valence electrons. The molecule has 0 aliphatic carbocycles. The fraction of sp³-hybridized carbons (Fsp3) is 0.533. The van der Waals surface area contributed by atoms with E-state index in [9.17, 15) is 4.79 Å². The highest BCUT2D eigenvalue weighted by molar-refractivity contribution is 5.66. The molecule has 20 heavy (non-hydrogen) atoms. The number of carboxylic acid groups (broad SMARTS) is 1. The van der Waals surface area contributed by atoms with Gasteiger partial charge in [0.2, 0.25) is 0 Å². The quantitative estimate of drug-likeness (QED) is 0.803. The molecule has 0 fully saturated rings. The fourth-order valence-electron chi connectivity index (χ4n) is 2.28. The second-order valence-corrected chi connectivity index (χ2v) is 5.00. The molecule has 1 aromatic carbocycles. The van der Waals surface area contributed by atoms with Crippen LogP contribution in [0.1, 0.15) is 49.8 Å². The molecule has 0 aliphatic rings. The predicted octanol–water partition coefficient (Wildman–Crippen LogP) is 2.69. The fourth-order valence-corrected chi connectivity index (χ4v) is 2.28. The van der Waals surface area contributed by atoms with Gasteiger partial charge >= 0.3 is 5.97 Å². The minimum atomic E-state index is -0.853. The van der Waals surface area contributed by atoms with Crippen molar-refractivity contribution in [2.45, 2.75) is 38.6 Å². The van der Waals surface area contributed by atoms with Gasteiger partial charge in [-0.2, -0.15) is 0 Å². The molecule has 1 atom stereocenters. The second kappa shape index (κ2) is 7.14. The van der Waals surface area contributed by atoms with Gasteiger partial charge in [-0.25, -0.2) is 0 Å². The van der Waals surface area contributed by atoms with E-state index in [4.69, 9.17) is 20.3 Å². The molecule has 5 heteroatoms. The third-order valence-corrected chi connectivity index (χ3v) is 3.28. The summed E-state index contributed by atoms with van der Waals surface area (Å²) in [7, 11) is 3.13. The summed E-state index contributed by atoms with van der Waals surface area (Å²) in [6, 6.07) is 3.41. The van der Waals surface area contributed by atoms with E-state index in [0.717, 1.165) is 11.1 Å². The molecule has 1 aromatic rings. The van der Waals surface area contributed by atoms with E-state index in [1.54, 1.807) is 14.2 Å². The van der Waals surface area contributed by atoms with Gasteiger partial charge < -0.3 is 20.3 Å². The van der Waals surface area contributed by atoms with Crippen molar-refractivity contribution in [3.05, 3.63) is 23.3 Å². The van der Waals surface area contributed by atoms with E-state index in [1.807, 2.05) is 12.1 Å². The first-order valence-corrected chi connectivity index (χ1v) is 6.64. The summed E-state index contributed by atoms with van der Waals surface area (Å²) in [5.74, 6) is 0.614. The van der Waals surface area contributed by atoms with Crippen LogP contribution in [-0.4, -0.2) is 25.3 Å². The number of ether oxygens (including phenoxy) is 2. The summed E-state index contributed by atoms with van der Waals surface area (Å²) in [6.07, 6.45) is 0.387. The Balaban J connectivity index is 3.26. The number of carboxylic acids is 1. The Morgan fingerprint density at radius 1 is 1.30 bits per heavy atom. The van der Waals surface area contributed by atoms with Crippen LogP contribution in [0.3, 0.4) is 0 Å². The third-order valence-electron chi connectivity index (χ3n) is 3.28. The van der Waals surface area contributed by atoms with Gasteiger partial charge in [0.05, 0.1) is 14.2 Å². The van der Waals surface area contributed by atoms with Crippen molar-refractivity contribution in [2.24, 2.45) is 5.73 Å². The lowest BCUT2D eigenvalue weighted by atomic mass is 9.90. The van der Waals surface area contributed by atoms with Gasteiger partial charge in [-0.1, -0.05) is 19.9 Å². The van der Waals surface area contributed by atoms with Gasteiger partial charge in [0.15, 0.2) is 11.5 Å². The van der Waals surface area contributed by atoms with Crippen LogP contribution in [0.4, 0.5) is 0 Å². The monoisotopic (exact) mass is 281 g/mol. The topological polar surface area (TPSA) is 81.8 Å². The highest BCUT2D eigenvalue weighted by Crippen LogP contribution is 2.40. The van der Waals surface area contributed by atoms with E-state index in [0.29, 0.717) is 17.9 Å². The molecule has 1 rings (SSSR count). The average Bonchev–Trinajstić information content (AvgIpc) is 2.42. The number of carbonyl (C=O) groups is 1. The number of methoxy groups -OCH3 is 2. The number of benzene rings is 1. The molecule has 0 heterocycles. The lowest BCUT2D eigenvalue weighted by molar-refractivity contribution is -0.137. The van der Waals surface area contributed by atoms with Gasteiger partial charge in [-0.3, -0.25) is 4.79 Å². The zero-order chi connectivity index (χ0) is 15.3. The standard InChI is InChI=1S/C15H23NO4/c1-9(2)10-5-7-12(19-3)15(20-4)14(10)11(16)6-8-13(17)18/h5,7,9,11H,6,8,16H2,1-4H3,(H,17,18). The Kier molecular flexibility index (Phi) is 5.82. The third kappa shape index (κ3) is 3.63. The maximum Gasteiger partial charge on any atom is 0.303 e. The lowest BCUT2D eigenvalue weighted by Crippen LogP contribution is -2.16. The van der Waals surface area contributed by atoms with E-state index in [-0.39, 0.29) is 12.3 Å². The highest BCUT2D eigenvalue weighted by Gasteiger charge is 2.22. The Morgan fingerprint density at radius 2 is 1.95 bits per heavy atom. The Morgan fingerprint density at radius 3 is 2.40 bits per heavy atom. The van der Waals surface area contributed by atoms with Crippen LogP contribution in [0.2, 0.25) is 0 Å². The van der Waals surface area contributed by atoms with Crippen molar-refractivity contribution >= 4 is 5.97 Å². The summed E-state index contributed by atoms with van der Waals surface area (Å²) in [4.78, 5) is 10.7. The summed E-state index contributed by atoms with van der Waals surface area (Å²) >= 11 is 0. The molecule has 0 amide bonds. The molecule has 0 bridgehead atoms. The molecule has 0 aliphatic heterocycles. The van der Waals surface area contributed by atoms with Crippen LogP contribution in [-0.2, 0) is 4.79 Å². The van der Waals surface area contributed by atoms with Crippen LogP contribution >= 0.6 is 0 Å². The number of nitrogens with two attached hydrogens (primary N) is 1. The summed E-state index contributed by atoms with van der Waals surface area (Å²) < 4.78 is 10.7. The molecule has 0 saturated heterocycles. The van der Waals surface area contributed by atoms with Crippen LogP contribution < -0.4 is 15.2 Å². The molecule has 0 saturated carbocycles. The number of aliphatic carboxylic acids is 1. The molecule has 0 spiro atoms. The SMILES string of the molecule is COc1ccc(C(C)C)c(C(N)CCC(=O)O)c1OC. The van der Waals surface area contributed by atoms with E-state index < -0.39 is 12.0 Å². The zero-order valence-corrected chi connectivity index (χ0v) is 12.5. The Bertz CT molecular complexity index is 471. The van der Waals surface area contributed by atoms with E-state index in [1.165, 1.54) is 0 Å². The minimum absolute atomic E-state index is 0.0269. The molecule has 0 aromatic heterocycles. The van der Waals surface area contributed by atoms with Gasteiger partial charge in [-0.15, -0.1) is 0 Å². The van der Waals surface area contributed by atoms with Crippen LogP contribution in [0.25, 0.3) is 0 Å². The second-order valence-electron chi connectivity index (χ2n) is 5.00. The Hall–Kier alpha value is -1.75. The molecular weight excluding hydrogens is 258 g/mol. The molecule has 5 nitrogen and oxygen atoms in total. The van der Waals surface area contributed by atoms with Crippen molar-refractivity contribution in [1.82, 2.24) is 0 Å². The maximum absolute atomic E-state index is 10.7. The van der Waals surface area contributed by atoms with Crippen molar-refractivity contribution in [1.29, 1.82) is 0 Å². The van der Waals surface area contributed by atoms with Crippen LogP contribution in [0, 0.1) is 0 Å². The number of hydrogen-bond donors (Lipinski definition) is 2. The highest BCUT2D eigenvalue weighted by atomic mass is 16.5. The molecule has 0 radical (unpaired) electrons. The predicted molar refractivity (Wildman–Crippen MR) is 77.4 cm³/mol. The smallest absolute Gasteiger partial charge is 0.303 e. The maximum atomic E-state index is 10.7. The molecular formula is C15H23NO4. The average molecular weight is 281 g/mol. The molecule has 1 unspecified atom stereocenters.